The second-order valence-corrected chi connectivity index (χ2v) is 8.71. The molecule has 6 nitrogen and oxygen atoms in total. The summed E-state index contributed by atoms with van der Waals surface area (Å²) in [5.74, 6) is -2.13. The molecule has 1 aliphatic heterocycles. The number of amides is 3. The van der Waals surface area contributed by atoms with Gasteiger partial charge in [-0.1, -0.05) is 11.6 Å². The number of methoxy groups -OCH3 is 1. The minimum absolute atomic E-state index is 0.0474. The summed E-state index contributed by atoms with van der Waals surface area (Å²) in [6.45, 7) is 0.773. The molecule has 4 rings (SSSR count). The van der Waals surface area contributed by atoms with Gasteiger partial charge in [0.25, 0.3) is 0 Å². The smallest absolute Gasteiger partial charge is 0.319 e. The number of carbonyl (C=O) groups is 2. The Morgan fingerprint density at radius 3 is 2.44 bits per heavy atom. The summed E-state index contributed by atoms with van der Waals surface area (Å²) in [5.41, 5.74) is 0.300. The van der Waals surface area contributed by atoms with Crippen LogP contribution in [0, 0.1) is 17.6 Å². The largest absolute Gasteiger partial charge is 0.497 e. The van der Waals surface area contributed by atoms with Crippen molar-refractivity contribution in [2.24, 2.45) is 5.92 Å². The number of hydrogen-bond donors (Lipinski definition) is 2. The Morgan fingerprint density at radius 1 is 1.19 bits per heavy atom. The maximum absolute atomic E-state index is 14.8. The van der Waals surface area contributed by atoms with Gasteiger partial charge in [-0.3, -0.25) is 4.79 Å². The van der Waals surface area contributed by atoms with E-state index in [1.165, 1.54) is 7.11 Å². The maximum atomic E-state index is 14.8. The molecular formula is C23H24ClF2N3O3. The topological polar surface area (TPSA) is 70.7 Å². The fourth-order valence-electron chi connectivity index (χ4n) is 4.07. The lowest BCUT2D eigenvalue weighted by Crippen LogP contribution is -2.55. The lowest BCUT2D eigenvalue weighted by molar-refractivity contribution is -0.135. The highest BCUT2D eigenvalue weighted by atomic mass is 35.5. The molecule has 3 amide bonds. The van der Waals surface area contributed by atoms with Crippen LogP contribution in [0.3, 0.4) is 0 Å². The number of rotatable bonds is 6. The third-order valence-electron chi connectivity index (χ3n) is 5.90. The summed E-state index contributed by atoms with van der Waals surface area (Å²) in [6, 6.07) is 7.54. The fourth-order valence-corrected chi connectivity index (χ4v) is 4.19. The summed E-state index contributed by atoms with van der Waals surface area (Å²) in [5, 5.41) is 6.04. The summed E-state index contributed by atoms with van der Waals surface area (Å²) in [4.78, 5) is 27.1. The molecule has 2 unspecified atom stereocenters. The summed E-state index contributed by atoms with van der Waals surface area (Å²) < 4.78 is 34.6. The Labute approximate surface area is 189 Å². The van der Waals surface area contributed by atoms with Crippen molar-refractivity contribution in [1.82, 2.24) is 10.2 Å². The molecule has 2 aromatic carbocycles. The van der Waals surface area contributed by atoms with E-state index in [0.717, 1.165) is 25.0 Å². The maximum Gasteiger partial charge on any atom is 0.319 e. The van der Waals surface area contributed by atoms with Crippen LogP contribution in [-0.2, 0) is 4.79 Å². The van der Waals surface area contributed by atoms with E-state index in [1.54, 1.807) is 29.2 Å². The molecule has 2 fully saturated rings. The zero-order chi connectivity index (χ0) is 22.8. The molecule has 1 aliphatic carbocycles. The van der Waals surface area contributed by atoms with Crippen LogP contribution < -0.4 is 15.4 Å². The van der Waals surface area contributed by atoms with Crippen molar-refractivity contribution in [3.8, 4) is 5.75 Å². The highest BCUT2D eigenvalue weighted by Gasteiger charge is 2.40. The van der Waals surface area contributed by atoms with Crippen LogP contribution in [0.4, 0.5) is 19.3 Å². The molecule has 0 radical (unpaired) electrons. The first kappa shape index (κ1) is 22.3. The first-order valence-corrected chi connectivity index (χ1v) is 10.9. The SMILES string of the molecule is COc1cc(F)c(C2CC(=O)N(CC3CC3)CC2NC(=O)Nc2ccc(Cl)cc2)c(F)c1. The van der Waals surface area contributed by atoms with Crippen LogP contribution in [0.5, 0.6) is 5.75 Å². The monoisotopic (exact) mass is 463 g/mol. The highest BCUT2D eigenvalue weighted by molar-refractivity contribution is 6.30. The molecule has 2 aromatic rings. The third kappa shape index (κ3) is 5.12. The standard InChI is InChI=1S/C23H24ClF2N3O3/c1-32-16-8-18(25)22(19(26)9-16)17-10-21(30)29(11-13-2-3-13)12-20(17)28-23(31)27-15-6-4-14(24)5-7-15/h4-9,13,17,20H,2-3,10-12H2,1H3,(H2,27,28,31). The van der Waals surface area contributed by atoms with Crippen LogP contribution in [0.25, 0.3) is 0 Å². The van der Waals surface area contributed by atoms with Crippen LogP contribution >= 0.6 is 11.6 Å². The van der Waals surface area contributed by atoms with E-state index >= 15 is 0 Å². The number of halogens is 3. The zero-order valence-electron chi connectivity index (χ0n) is 17.5. The number of piperidine rings is 1. The number of hydrogen-bond acceptors (Lipinski definition) is 3. The normalized spacial score (nSPS) is 20.8. The Kier molecular flexibility index (Phi) is 6.50. The van der Waals surface area contributed by atoms with Gasteiger partial charge < -0.3 is 20.3 Å². The molecule has 9 heteroatoms. The average Bonchev–Trinajstić information content (AvgIpc) is 3.56. The Balaban J connectivity index is 1.57. The predicted molar refractivity (Wildman–Crippen MR) is 117 cm³/mol. The predicted octanol–water partition coefficient (Wildman–Crippen LogP) is 4.54. The molecule has 2 N–H and O–H groups in total. The molecule has 32 heavy (non-hydrogen) atoms. The lowest BCUT2D eigenvalue weighted by atomic mass is 9.84. The first-order chi connectivity index (χ1) is 15.3. The summed E-state index contributed by atoms with van der Waals surface area (Å²) in [7, 11) is 1.32. The highest BCUT2D eigenvalue weighted by Crippen LogP contribution is 2.37. The molecule has 0 bridgehead atoms. The molecule has 0 spiro atoms. The second-order valence-electron chi connectivity index (χ2n) is 8.27. The van der Waals surface area contributed by atoms with Gasteiger partial charge in [-0.05, 0) is 43.0 Å². The Hall–Kier alpha value is -2.87. The van der Waals surface area contributed by atoms with E-state index in [-0.39, 0.29) is 30.2 Å². The van der Waals surface area contributed by atoms with Crippen molar-refractivity contribution < 1.29 is 23.1 Å². The number of nitrogens with one attached hydrogen (secondary N) is 2. The van der Waals surface area contributed by atoms with Crippen LogP contribution in [0.1, 0.15) is 30.7 Å². The van der Waals surface area contributed by atoms with Gasteiger partial charge in [-0.25, -0.2) is 13.6 Å². The molecule has 1 saturated carbocycles. The Bertz CT molecular complexity index is 991. The summed E-state index contributed by atoms with van der Waals surface area (Å²) >= 11 is 5.87. The number of benzene rings is 2. The Morgan fingerprint density at radius 2 is 1.84 bits per heavy atom. The van der Waals surface area contributed by atoms with Crippen molar-refractivity contribution in [2.75, 3.05) is 25.5 Å². The lowest BCUT2D eigenvalue weighted by Gasteiger charge is -2.39. The van der Waals surface area contributed by atoms with Crippen molar-refractivity contribution >= 4 is 29.2 Å². The molecule has 1 heterocycles. The van der Waals surface area contributed by atoms with Crippen LogP contribution in [-0.4, -0.2) is 43.1 Å². The number of ether oxygens (including phenoxy) is 1. The minimum Gasteiger partial charge on any atom is -0.497 e. The van der Waals surface area contributed by atoms with Gasteiger partial charge in [0.15, 0.2) is 0 Å². The minimum atomic E-state index is -0.847. The quantitative estimate of drug-likeness (QED) is 0.660. The average molecular weight is 464 g/mol. The van der Waals surface area contributed by atoms with Crippen molar-refractivity contribution in [1.29, 1.82) is 0 Å². The van der Waals surface area contributed by atoms with Crippen LogP contribution in [0.15, 0.2) is 36.4 Å². The van der Waals surface area contributed by atoms with Gasteiger partial charge in [0.2, 0.25) is 5.91 Å². The summed E-state index contributed by atoms with van der Waals surface area (Å²) in [6.07, 6.45) is 2.02. The molecular weight excluding hydrogens is 440 g/mol. The van der Waals surface area contributed by atoms with Crippen LogP contribution in [0.2, 0.25) is 5.02 Å². The van der Waals surface area contributed by atoms with E-state index in [9.17, 15) is 18.4 Å². The number of nitrogens with zero attached hydrogens (tertiary/aromatic N) is 1. The molecule has 0 aromatic heterocycles. The third-order valence-corrected chi connectivity index (χ3v) is 6.16. The van der Waals surface area contributed by atoms with Gasteiger partial charge in [-0.15, -0.1) is 0 Å². The van der Waals surface area contributed by atoms with Gasteiger partial charge in [0, 0.05) is 53.8 Å². The van der Waals surface area contributed by atoms with E-state index < -0.39 is 29.6 Å². The van der Waals surface area contributed by atoms with E-state index in [0.29, 0.717) is 23.2 Å². The van der Waals surface area contributed by atoms with E-state index in [2.05, 4.69) is 10.6 Å². The first-order valence-electron chi connectivity index (χ1n) is 10.5. The van der Waals surface area contributed by atoms with E-state index in [1.807, 2.05) is 0 Å². The zero-order valence-corrected chi connectivity index (χ0v) is 18.3. The van der Waals surface area contributed by atoms with Crippen molar-refractivity contribution in [3.63, 3.8) is 0 Å². The number of anilines is 1. The van der Waals surface area contributed by atoms with Gasteiger partial charge in [0.05, 0.1) is 13.2 Å². The van der Waals surface area contributed by atoms with E-state index in [4.69, 9.17) is 16.3 Å². The molecule has 170 valence electrons. The molecule has 2 aliphatic rings. The van der Waals surface area contributed by atoms with Gasteiger partial charge in [0.1, 0.15) is 17.4 Å². The van der Waals surface area contributed by atoms with Gasteiger partial charge in [-0.2, -0.15) is 0 Å². The van der Waals surface area contributed by atoms with Crippen molar-refractivity contribution in [3.05, 3.63) is 58.6 Å². The van der Waals surface area contributed by atoms with Crippen molar-refractivity contribution in [2.45, 2.75) is 31.2 Å². The van der Waals surface area contributed by atoms with Gasteiger partial charge >= 0.3 is 6.03 Å². The second kappa shape index (κ2) is 9.32. The number of urea groups is 1. The number of likely N-dealkylation sites (tertiary alicyclic amines) is 1. The molecule has 1 saturated heterocycles. The fraction of sp³-hybridized carbons (Fsp3) is 0.391. The molecule has 2 atom stereocenters. The number of carbonyl (C=O) groups excluding carboxylic acids is 2.